The first-order valence-corrected chi connectivity index (χ1v) is 7.13. The summed E-state index contributed by atoms with van der Waals surface area (Å²) in [6.07, 6.45) is 1.36. The summed E-state index contributed by atoms with van der Waals surface area (Å²) in [6.45, 7) is 1.93. The van der Waals surface area contributed by atoms with Gasteiger partial charge in [-0.3, -0.25) is 9.59 Å². The van der Waals surface area contributed by atoms with E-state index in [0.29, 0.717) is 16.4 Å². The number of carbonyl (C=O) groups excluding carboxylic acids is 2. The molecular weight excluding hydrogens is 264 g/mol. The Labute approximate surface area is 116 Å². The molecule has 2 amide bonds. The van der Waals surface area contributed by atoms with Crippen LogP contribution >= 0.6 is 11.3 Å². The molecule has 1 aromatic rings. The smallest absolute Gasteiger partial charge is 0.263 e. The maximum Gasteiger partial charge on any atom is 0.263 e. The highest BCUT2D eigenvalue weighted by molar-refractivity contribution is 7.18. The van der Waals surface area contributed by atoms with Gasteiger partial charge in [0.1, 0.15) is 0 Å². The van der Waals surface area contributed by atoms with E-state index in [1.807, 2.05) is 0 Å². The first kappa shape index (κ1) is 14.0. The van der Waals surface area contributed by atoms with Crippen LogP contribution in [0.5, 0.6) is 0 Å². The van der Waals surface area contributed by atoms with Gasteiger partial charge in [0.15, 0.2) is 0 Å². The molecule has 1 atom stereocenters. The van der Waals surface area contributed by atoms with Gasteiger partial charge in [0.05, 0.1) is 16.0 Å². The second kappa shape index (κ2) is 5.71. The van der Waals surface area contributed by atoms with E-state index < -0.39 is 6.10 Å². The number of thiophene rings is 1. The summed E-state index contributed by atoms with van der Waals surface area (Å²) in [5.41, 5.74) is 0. The molecule has 2 N–H and O–H groups in total. The Morgan fingerprint density at radius 3 is 2.79 bits per heavy atom. The Morgan fingerprint density at radius 1 is 1.53 bits per heavy atom. The van der Waals surface area contributed by atoms with Crippen LogP contribution in [0.4, 0.5) is 5.00 Å². The Morgan fingerprint density at radius 2 is 2.21 bits per heavy atom. The van der Waals surface area contributed by atoms with Gasteiger partial charge in [-0.05, 0) is 31.9 Å². The normalized spacial score (nSPS) is 15.9. The van der Waals surface area contributed by atoms with E-state index in [9.17, 15) is 14.7 Å². The molecule has 0 bridgehead atoms. The van der Waals surface area contributed by atoms with Crippen molar-refractivity contribution < 1.29 is 14.7 Å². The summed E-state index contributed by atoms with van der Waals surface area (Å²) < 4.78 is 0. The van der Waals surface area contributed by atoms with Gasteiger partial charge >= 0.3 is 0 Å². The van der Waals surface area contributed by atoms with Crippen molar-refractivity contribution in [3.05, 3.63) is 17.0 Å². The highest BCUT2D eigenvalue weighted by atomic mass is 32.1. The third-order valence-electron chi connectivity index (χ3n) is 2.90. The molecule has 1 aliphatic carbocycles. The fourth-order valence-electron chi connectivity index (χ4n) is 1.76. The highest BCUT2D eigenvalue weighted by Gasteiger charge is 2.30. The number of anilines is 1. The number of hydrogen-bond acceptors (Lipinski definition) is 4. The van der Waals surface area contributed by atoms with Gasteiger partial charge in [0.25, 0.3) is 5.91 Å². The standard InChI is InChI=1S/C13H18N2O3S/c1-8(16)7-15(2)13(18)10-5-6-11(19-10)14-12(17)9-3-4-9/h5-6,8-9,16H,3-4,7H2,1-2H3,(H,14,17). The molecule has 19 heavy (non-hydrogen) atoms. The molecule has 0 aromatic carbocycles. The summed E-state index contributed by atoms with van der Waals surface area (Å²) in [7, 11) is 1.65. The predicted molar refractivity (Wildman–Crippen MR) is 74.3 cm³/mol. The van der Waals surface area contributed by atoms with E-state index in [1.165, 1.54) is 16.2 Å². The van der Waals surface area contributed by atoms with Crippen molar-refractivity contribution in [2.45, 2.75) is 25.9 Å². The number of aliphatic hydroxyl groups is 1. The van der Waals surface area contributed by atoms with E-state index in [2.05, 4.69) is 5.32 Å². The summed E-state index contributed by atoms with van der Waals surface area (Å²) in [4.78, 5) is 25.7. The van der Waals surface area contributed by atoms with Crippen molar-refractivity contribution in [3.63, 3.8) is 0 Å². The lowest BCUT2D eigenvalue weighted by atomic mass is 10.3. The Hall–Kier alpha value is -1.40. The number of likely N-dealkylation sites (N-methyl/N-ethyl adjacent to an activating group) is 1. The Bertz CT molecular complexity index is 480. The topological polar surface area (TPSA) is 69.6 Å². The van der Waals surface area contributed by atoms with Crippen molar-refractivity contribution in [1.29, 1.82) is 0 Å². The van der Waals surface area contributed by atoms with Crippen LogP contribution in [-0.4, -0.2) is 41.5 Å². The van der Waals surface area contributed by atoms with E-state index >= 15 is 0 Å². The van der Waals surface area contributed by atoms with Gasteiger partial charge in [-0.25, -0.2) is 0 Å². The average Bonchev–Trinajstić information content (AvgIpc) is 3.09. The molecule has 0 saturated heterocycles. The third kappa shape index (κ3) is 3.78. The summed E-state index contributed by atoms with van der Waals surface area (Å²) in [5.74, 6) is 0.0511. The van der Waals surface area contributed by atoms with Crippen LogP contribution in [0.2, 0.25) is 0 Å². The quantitative estimate of drug-likeness (QED) is 0.861. The molecule has 1 fully saturated rings. The Balaban J connectivity index is 1.95. The van der Waals surface area contributed by atoms with Gasteiger partial charge in [0.2, 0.25) is 5.91 Å². The van der Waals surface area contributed by atoms with Crippen molar-refractivity contribution in [2.75, 3.05) is 18.9 Å². The van der Waals surface area contributed by atoms with Gasteiger partial charge in [-0.1, -0.05) is 0 Å². The second-order valence-corrected chi connectivity index (χ2v) is 6.05. The second-order valence-electron chi connectivity index (χ2n) is 4.96. The zero-order valence-corrected chi connectivity index (χ0v) is 11.9. The van der Waals surface area contributed by atoms with E-state index in [1.54, 1.807) is 26.1 Å². The van der Waals surface area contributed by atoms with Crippen LogP contribution < -0.4 is 5.32 Å². The number of aliphatic hydroxyl groups excluding tert-OH is 1. The molecule has 0 spiro atoms. The first-order valence-electron chi connectivity index (χ1n) is 6.31. The zero-order chi connectivity index (χ0) is 14.0. The minimum absolute atomic E-state index is 0.0400. The molecule has 1 aromatic heterocycles. The van der Waals surface area contributed by atoms with Crippen LogP contribution in [0.25, 0.3) is 0 Å². The zero-order valence-electron chi connectivity index (χ0n) is 11.0. The minimum Gasteiger partial charge on any atom is -0.392 e. The lowest BCUT2D eigenvalue weighted by molar-refractivity contribution is -0.117. The van der Waals surface area contributed by atoms with Crippen LogP contribution in [0.15, 0.2) is 12.1 Å². The molecule has 0 aliphatic heterocycles. The number of rotatable bonds is 5. The van der Waals surface area contributed by atoms with E-state index in [4.69, 9.17) is 0 Å². The number of amides is 2. The maximum atomic E-state index is 12.0. The molecule has 6 heteroatoms. The molecule has 1 unspecified atom stereocenters. The van der Waals surface area contributed by atoms with Gasteiger partial charge in [0, 0.05) is 19.5 Å². The van der Waals surface area contributed by atoms with Gasteiger partial charge in [-0.2, -0.15) is 0 Å². The number of nitrogens with zero attached hydrogens (tertiary/aromatic N) is 1. The van der Waals surface area contributed by atoms with Crippen molar-refractivity contribution in [2.24, 2.45) is 5.92 Å². The fraction of sp³-hybridized carbons (Fsp3) is 0.538. The summed E-state index contributed by atoms with van der Waals surface area (Å²) in [6, 6.07) is 3.45. The first-order chi connectivity index (χ1) is 8.97. The predicted octanol–water partition coefficient (Wildman–Crippen LogP) is 1.55. The SMILES string of the molecule is CC(O)CN(C)C(=O)c1ccc(NC(=O)C2CC2)s1. The molecule has 0 radical (unpaired) electrons. The van der Waals surface area contributed by atoms with Crippen molar-refractivity contribution in [1.82, 2.24) is 4.90 Å². The number of hydrogen-bond donors (Lipinski definition) is 2. The van der Waals surface area contributed by atoms with Crippen LogP contribution in [-0.2, 0) is 4.79 Å². The van der Waals surface area contributed by atoms with Crippen molar-refractivity contribution >= 4 is 28.2 Å². The van der Waals surface area contributed by atoms with Gasteiger partial charge in [-0.15, -0.1) is 11.3 Å². The van der Waals surface area contributed by atoms with Crippen LogP contribution in [0, 0.1) is 5.92 Å². The molecule has 104 valence electrons. The van der Waals surface area contributed by atoms with E-state index in [0.717, 1.165) is 12.8 Å². The lowest BCUT2D eigenvalue weighted by Gasteiger charge is -2.17. The highest BCUT2D eigenvalue weighted by Crippen LogP contribution is 2.31. The maximum absolute atomic E-state index is 12.0. The third-order valence-corrected chi connectivity index (χ3v) is 3.88. The average molecular weight is 282 g/mol. The summed E-state index contributed by atoms with van der Waals surface area (Å²) >= 11 is 1.27. The Kier molecular flexibility index (Phi) is 4.21. The molecule has 1 aliphatic rings. The number of carbonyl (C=O) groups is 2. The van der Waals surface area contributed by atoms with Crippen LogP contribution in [0.3, 0.4) is 0 Å². The molecule has 5 nitrogen and oxygen atoms in total. The monoisotopic (exact) mass is 282 g/mol. The molecular formula is C13H18N2O3S. The minimum atomic E-state index is -0.553. The largest absolute Gasteiger partial charge is 0.392 e. The fourth-order valence-corrected chi connectivity index (χ4v) is 2.66. The van der Waals surface area contributed by atoms with Crippen LogP contribution in [0.1, 0.15) is 29.4 Å². The van der Waals surface area contributed by atoms with E-state index in [-0.39, 0.29) is 17.7 Å². The molecule has 2 rings (SSSR count). The number of nitrogens with one attached hydrogen (secondary N) is 1. The summed E-state index contributed by atoms with van der Waals surface area (Å²) in [5, 5.41) is 12.8. The lowest BCUT2D eigenvalue weighted by Crippen LogP contribution is -2.32. The molecule has 1 heterocycles. The van der Waals surface area contributed by atoms with Crippen molar-refractivity contribution in [3.8, 4) is 0 Å². The van der Waals surface area contributed by atoms with Gasteiger partial charge < -0.3 is 15.3 Å². The molecule has 1 saturated carbocycles.